The Balaban J connectivity index is 2.46. The third-order valence-corrected chi connectivity index (χ3v) is 3.28. The number of aromatic nitrogens is 2. The van der Waals surface area contributed by atoms with Crippen LogP contribution in [0, 0.1) is 17.0 Å². The molecular formula is C13H21N5O3. The number of nitrogens with zero attached hydrogens (tertiary/aromatic N) is 4. The van der Waals surface area contributed by atoms with Crippen molar-refractivity contribution >= 4 is 17.5 Å². The topological polar surface area (TPSA) is 93.4 Å². The number of nitrogens with one attached hydrogen (secondary N) is 1. The van der Waals surface area contributed by atoms with Crippen LogP contribution in [0.15, 0.2) is 0 Å². The van der Waals surface area contributed by atoms with Crippen molar-refractivity contribution in [3.05, 3.63) is 15.8 Å². The van der Waals surface area contributed by atoms with Gasteiger partial charge in [-0.25, -0.2) is 4.98 Å². The molecule has 2 heterocycles. The molecule has 0 atom stereocenters. The minimum atomic E-state index is -0.414. The molecule has 116 valence electrons. The number of rotatable bonds is 4. The summed E-state index contributed by atoms with van der Waals surface area (Å²) in [5, 5.41) is 14.4. The summed E-state index contributed by atoms with van der Waals surface area (Å²) in [7, 11) is 0. The van der Waals surface area contributed by atoms with Crippen LogP contribution < -0.4 is 10.2 Å². The predicted octanol–water partition coefficient (Wildman–Crippen LogP) is 1.74. The maximum absolute atomic E-state index is 11.4. The van der Waals surface area contributed by atoms with Crippen LogP contribution in [0.2, 0.25) is 0 Å². The van der Waals surface area contributed by atoms with Gasteiger partial charge >= 0.3 is 5.69 Å². The van der Waals surface area contributed by atoms with E-state index in [0.717, 1.165) is 0 Å². The molecule has 0 aromatic carbocycles. The van der Waals surface area contributed by atoms with Crippen molar-refractivity contribution in [1.29, 1.82) is 0 Å². The summed E-state index contributed by atoms with van der Waals surface area (Å²) in [6.45, 7) is 9.79. The molecule has 2 rings (SSSR count). The Morgan fingerprint density at radius 2 is 2.19 bits per heavy atom. The molecule has 0 spiro atoms. The average Bonchev–Trinajstić information content (AvgIpc) is 2.36. The number of hydrogen-bond donors (Lipinski definition) is 1. The summed E-state index contributed by atoms with van der Waals surface area (Å²) < 4.78 is 5.65. The molecular weight excluding hydrogens is 274 g/mol. The molecule has 8 heteroatoms. The molecule has 0 radical (unpaired) electrons. The van der Waals surface area contributed by atoms with Crippen molar-refractivity contribution in [1.82, 2.24) is 9.97 Å². The number of ether oxygens (including phenoxy) is 1. The van der Waals surface area contributed by atoms with Gasteiger partial charge in [0.2, 0.25) is 11.8 Å². The third-order valence-electron chi connectivity index (χ3n) is 3.28. The Labute approximate surface area is 123 Å². The third kappa shape index (κ3) is 3.38. The number of morpholine rings is 1. The molecule has 1 saturated heterocycles. The van der Waals surface area contributed by atoms with Gasteiger partial charge in [0.15, 0.2) is 0 Å². The zero-order valence-electron chi connectivity index (χ0n) is 12.8. The molecule has 0 unspecified atom stereocenters. The second kappa shape index (κ2) is 5.80. The van der Waals surface area contributed by atoms with E-state index < -0.39 is 4.92 Å². The molecule has 1 aromatic heterocycles. The lowest BCUT2D eigenvalue weighted by molar-refractivity contribution is -0.385. The monoisotopic (exact) mass is 295 g/mol. The van der Waals surface area contributed by atoms with Crippen LogP contribution in [-0.4, -0.2) is 46.7 Å². The summed E-state index contributed by atoms with van der Waals surface area (Å²) in [6, 6.07) is 0. The van der Waals surface area contributed by atoms with Gasteiger partial charge in [0.1, 0.15) is 5.69 Å². The van der Waals surface area contributed by atoms with Crippen molar-refractivity contribution in [3.8, 4) is 0 Å². The second-order valence-electron chi connectivity index (χ2n) is 5.62. The average molecular weight is 295 g/mol. The molecule has 0 saturated carbocycles. The van der Waals surface area contributed by atoms with E-state index in [9.17, 15) is 10.1 Å². The molecule has 1 aromatic rings. The highest BCUT2D eigenvalue weighted by Gasteiger charge is 2.33. The Bertz CT molecular complexity index is 547. The minimum Gasteiger partial charge on any atom is -0.372 e. The van der Waals surface area contributed by atoms with Gasteiger partial charge in [-0.15, -0.1) is 0 Å². The maximum Gasteiger partial charge on any atom is 0.332 e. The largest absolute Gasteiger partial charge is 0.372 e. The van der Waals surface area contributed by atoms with Crippen LogP contribution in [0.3, 0.4) is 0 Å². The van der Waals surface area contributed by atoms with Gasteiger partial charge in [-0.3, -0.25) is 10.1 Å². The Morgan fingerprint density at radius 1 is 1.48 bits per heavy atom. The number of anilines is 2. The van der Waals surface area contributed by atoms with E-state index in [2.05, 4.69) is 15.3 Å². The molecule has 1 N–H and O–H groups in total. The van der Waals surface area contributed by atoms with E-state index >= 15 is 0 Å². The fourth-order valence-corrected chi connectivity index (χ4v) is 2.42. The van der Waals surface area contributed by atoms with Gasteiger partial charge in [0.05, 0.1) is 17.1 Å². The van der Waals surface area contributed by atoms with Gasteiger partial charge in [-0.1, -0.05) is 0 Å². The molecule has 1 fully saturated rings. The highest BCUT2D eigenvalue weighted by molar-refractivity contribution is 5.62. The van der Waals surface area contributed by atoms with E-state index in [1.807, 2.05) is 25.7 Å². The second-order valence-corrected chi connectivity index (χ2v) is 5.62. The molecule has 0 amide bonds. The van der Waals surface area contributed by atoms with Gasteiger partial charge in [-0.2, -0.15) is 4.98 Å². The number of hydrogen-bond acceptors (Lipinski definition) is 7. The van der Waals surface area contributed by atoms with Crippen molar-refractivity contribution in [2.75, 3.05) is 36.5 Å². The molecule has 21 heavy (non-hydrogen) atoms. The summed E-state index contributed by atoms with van der Waals surface area (Å²) >= 11 is 0. The zero-order chi connectivity index (χ0) is 15.6. The smallest absolute Gasteiger partial charge is 0.332 e. The van der Waals surface area contributed by atoms with Gasteiger partial charge in [0.25, 0.3) is 0 Å². The standard InChI is InChI=1S/C13H21N5O3/c1-5-14-12-15-9(2)10(18(19)20)11(16-12)17-6-7-21-13(3,4)8-17/h5-8H2,1-4H3,(H,14,15,16). The fourth-order valence-electron chi connectivity index (χ4n) is 2.42. The van der Waals surface area contributed by atoms with Gasteiger partial charge < -0.3 is 15.0 Å². The molecule has 8 nitrogen and oxygen atoms in total. The van der Waals surface area contributed by atoms with E-state index in [1.165, 1.54) is 0 Å². The zero-order valence-corrected chi connectivity index (χ0v) is 12.8. The van der Waals surface area contributed by atoms with Crippen LogP contribution in [0.25, 0.3) is 0 Å². The minimum absolute atomic E-state index is 0.0330. The van der Waals surface area contributed by atoms with Crippen LogP contribution >= 0.6 is 0 Å². The Hall–Kier alpha value is -1.96. The summed E-state index contributed by atoms with van der Waals surface area (Å²) in [4.78, 5) is 21.3. The molecule has 0 aliphatic carbocycles. The summed E-state index contributed by atoms with van der Waals surface area (Å²) in [5.41, 5.74) is -0.0249. The highest BCUT2D eigenvalue weighted by Crippen LogP contribution is 2.32. The van der Waals surface area contributed by atoms with Gasteiger partial charge in [-0.05, 0) is 27.7 Å². The first kappa shape index (κ1) is 15.4. The van der Waals surface area contributed by atoms with Crippen LogP contribution in [-0.2, 0) is 4.74 Å². The van der Waals surface area contributed by atoms with Crippen LogP contribution in [0.5, 0.6) is 0 Å². The van der Waals surface area contributed by atoms with E-state index in [-0.39, 0.29) is 11.3 Å². The first-order valence-corrected chi connectivity index (χ1v) is 7.00. The van der Waals surface area contributed by atoms with Crippen LogP contribution in [0.1, 0.15) is 26.5 Å². The summed E-state index contributed by atoms with van der Waals surface area (Å²) in [5.74, 6) is 0.778. The summed E-state index contributed by atoms with van der Waals surface area (Å²) in [6.07, 6.45) is 0. The van der Waals surface area contributed by atoms with E-state index in [1.54, 1.807) is 6.92 Å². The van der Waals surface area contributed by atoms with E-state index in [0.29, 0.717) is 43.7 Å². The molecule has 1 aliphatic heterocycles. The van der Waals surface area contributed by atoms with Crippen molar-refractivity contribution in [2.24, 2.45) is 0 Å². The maximum atomic E-state index is 11.4. The quantitative estimate of drug-likeness (QED) is 0.668. The Morgan fingerprint density at radius 3 is 2.76 bits per heavy atom. The van der Waals surface area contributed by atoms with Crippen LogP contribution in [0.4, 0.5) is 17.5 Å². The van der Waals surface area contributed by atoms with Crippen molar-refractivity contribution < 1.29 is 9.66 Å². The lowest BCUT2D eigenvalue weighted by Gasteiger charge is -2.38. The lowest BCUT2D eigenvalue weighted by atomic mass is 10.1. The lowest BCUT2D eigenvalue weighted by Crippen LogP contribution is -2.49. The van der Waals surface area contributed by atoms with Crippen molar-refractivity contribution in [3.63, 3.8) is 0 Å². The normalized spacial score (nSPS) is 17.6. The first-order chi connectivity index (χ1) is 9.84. The molecule has 1 aliphatic rings. The number of nitro groups is 1. The molecule has 0 bridgehead atoms. The van der Waals surface area contributed by atoms with E-state index in [4.69, 9.17) is 4.74 Å². The first-order valence-electron chi connectivity index (χ1n) is 7.00. The SMILES string of the molecule is CCNc1nc(C)c([N+](=O)[O-])c(N2CCOC(C)(C)C2)n1. The Kier molecular flexibility index (Phi) is 4.26. The van der Waals surface area contributed by atoms with Crippen molar-refractivity contribution in [2.45, 2.75) is 33.3 Å². The number of aryl methyl sites for hydroxylation is 1. The fraction of sp³-hybridized carbons (Fsp3) is 0.692. The van der Waals surface area contributed by atoms with Gasteiger partial charge in [0, 0.05) is 19.6 Å². The predicted molar refractivity (Wildman–Crippen MR) is 79.8 cm³/mol. The highest BCUT2D eigenvalue weighted by atomic mass is 16.6.